The van der Waals surface area contributed by atoms with Crippen LogP contribution in [-0.2, 0) is 12.8 Å². The van der Waals surface area contributed by atoms with Crippen LogP contribution in [0.25, 0.3) is 0 Å². The predicted molar refractivity (Wildman–Crippen MR) is 99.1 cm³/mol. The summed E-state index contributed by atoms with van der Waals surface area (Å²) in [5.74, 6) is -0.443. The maximum absolute atomic E-state index is 9.51. The Hall–Kier alpha value is -2.88. The van der Waals surface area contributed by atoms with Crippen molar-refractivity contribution in [1.82, 2.24) is 0 Å². The smallest absolute Gasteiger partial charge is 0.157 e. The average molecular weight is 340 g/mol. The van der Waals surface area contributed by atoms with Crippen LogP contribution >= 0.6 is 0 Å². The molecule has 132 valence electrons. The highest BCUT2D eigenvalue weighted by molar-refractivity contribution is 5.41. The minimum atomic E-state index is -0.115. The summed E-state index contributed by atoms with van der Waals surface area (Å²) in [7, 11) is 0. The highest BCUT2D eigenvalue weighted by atomic mass is 16.3. The molecular formula is C21H24O4. The largest absolute Gasteiger partial charge is 0.504 e. The van der Waals surface area contributed by atoms with Gasteiger partial charge in [-0.25, -0.2) is 0 Å². The highest BCUT2D eigenvalue weighted by Gasteiger charge is 2.05. The molecule has 0 saturated carbocycles. The first-order chi connectivity index (χ1) is 11.8. The minimum Gasteiger partial charge on any atom is -0.504 e. The number of phenolic OH excluding ortho intramolecular Hbond substituents is 4. The van der Waals surface area contributed by atoms with E-state index in [1.165, 1.54) is 12.1 Å². The maximum atomic E-state index is 9.51. The molecule has 2 rings (SSSR count). The summed E-state index contributed by atoms with van der Waals surface area (Å²) >= 11 is 0. The molecule has 0 unspecified atom stereocenters. The van der Waals surface area contributed by atoms with E-state index in [2.05, 4.69) is 13.2 Å². The molecule has 0 fully saturated rings. The van der Waals surface area contributed by atoms with Gasteiger partial charge >= 0.3 is 0 Å². The van der Waals surface area contributed by atoms with Crippen LogP contribution in [0, 0.1) is 0 Å². The van der Waals surface area contributed by atoms with Crippen LogP contribution < -0.4 is 0 Å². The van der Waals surface area contributed by atoms with E-state index in [0.29, 0.717) is 0 Å². The lowest BCUT2D eigenvalue weighted by Crippen LogP contribution is -1.93. The zero-order chi connectivity index (χ0) is 18.4. The Bertz CT molecular complexity index is 712. The average Bonchev–Trinajstić information content (AvgIpc) is 2.57. The molecule has 0 radical (unpaired) electrons. The molecule has 0 aliphatic heterocycles. The SMILES string of the molecule is C=C(CCc1ccc(O)c(O)c1)CC(=C)CCc1ccc(O)c(O)c1. The molecule has 0 amide bonds. The van der Waals surface area contributed by atoms with Gasteiger partial charge in [-0.15, -0.1) is 0 Å². The number of benzene rings is 2. The third-order valence-electron chi connectivity index (χ3n) is 4.11. The number of aromatic hydroxyl groups is 4. The van der Waals surface area contributed by atoms with E-state index in [1.807, 2.05) is 0 Å². The summed E-state index contributed by atoms with van der Waals surface area (Å²) in [6, 6.07) is 9.67. The molecule has 25 heavy (non-hydrogen) atoms. The Morgan fingerprint density at radius 1 is 0.640 bits per heavy atom. The van der Waals surface area contributed by atoms with Gasteiger partial charge in [-0.1, -0.05) is 36.4 Å². The van der Waals surface area contributed by atoms with Gasteiger partial charge in [0.05, 0.1) is 0 Å². The van der Waals surface area contributed by atoms with E-state index < -0.39 is 0 Å². The molecule has 0 heterocycles. The van der Waals surface area contributed by atoms with Gasteiger partial charge in [-0.3, -0.25) is 0 Å². The van der Waals surface area contributed by atoms with E-state index in [9.17, 15) is 20.4 Å². The Morgan fingerprint density at radius 3 is 1.40 bits per heavy atom. The van der Waals surface area contributed by atoms with Crippen molar-refractivity contribution in [1.29, 1.82) is 0 Å². The fourth-order valence-electron chi connectivity index (χ4n) is 2.62. The summed E-state index contributed by atoms with van der Waals surface area (Å²) in [4.78, 5) is 0. The predicted octanol–water partition coefficient (Wildman–Crippen LogP) is 4.58. The zero-order valence-electron chi connectivity index (χ0n) is 14.2. The number of hydrogen-bond acceptors (Lipinski definition) is 4. The minimum absolute atomic E-state index is 0.107. The van der Waals surface area contributed by atoms with Gasteiger partial charge in [0.1, 0.15) is 0 Å². The third kappa shape index (κ3) is 5.60. The molecule has 4 N–H and O–H groups in total. The number of rotatable bonds is 8. The van der Waals surface area contributed by atoms with E-state index >= 15 is 0 Å². The molecule has 0 aliphatic carbocycles. The van der Waals surface area contributed by atoms with E-state index in [-0.39, 0.29) is 23.0 Å². The summed E-state index contributed by atoms with van der Waals surface area (Å²) in [5, 5.41) is 37.6. The Morgan fingerprint density at radius 2 is 1.04 bits per heavy atom. The van der Waals surface area contributed by atoms with Crippen molar-refractivity contribution in [2.24, 2.45) is 0 Å². The molecule has 0 spiro atoms. The first-order valence-corrected chi connectivity index (χ1v) is 8.20. The first-order valence-electron chi connectivity index (χ1n) is 8.20. The molecule has 0 aliphatic rings. The maximum Gasteiger partial charge on any atom is 0.157 e. The molecule has 0 bridgehead atoms. The second-order valence-corrected chi connectivity index (χ2v) is 6.32. The van der Waals surface area contributed by atoms with Crippen molar-refractivity contribution < 1.29 is 20.4 Å². The molecule has 4 heteroatoms. The van der Waals surface area contributed by atoms with Crippen molar-refractivity contribution in [3.63, 3.8) is 0 Å². The number of phenols is 4. The van der Waals surface area contributed by atoms with Gasteiger partial charge in [-0.05, 0) is 67.5 Å². The van der Waals surface area contributed by atoms with Crippen molar-refractivity contribution in [3.05, 3.63) is 71.8 Å². The molecule has 2 aromatic rings. The van der Waals surface area contributed by atoms with Crippen molar-refractivity contribution in [2.75, 3.05) is 0 Å². The topological polar surface area (TPSA) is 80.9 Å². The summed E-state index contributed by atoms with van der Waals surface area (Å²) < 4.78 is 0. The van der Waals surface area contributed by atoms with Gasteiger partial charge in [0.25, 0.3) is 0 Å². The first kappa shape index (κ1) is 18.5. The van der Waals surface area contributed by atoms with Crippen molar-refractivity contribution in [2.45, 2.75) is 32.1 Å². The van der Waals surface area contributed by atoms with Crippen LogP contribution in [0.2, 0.25) is 0 Å². The Balaban J connectivity index is 1.76. The monoisotopic (exact) mass is 340 g/mol. The second-order valence-electron chi connectivity index (χ2n) is 6.32. The lowest BCUT2D eigenvalue weighted by atomic mass is 9.96. The van der Waals surface area contributed by atoms with Crippen LogP contribution in [0.15, 0.2) is 60.7 Å². The quantitative estimate of drug-likeness (QED) is 0.419. The zero-order valence-corrected chi connectivity index (χ0v) is 14.2. The Labute approximate surface area is 148 Å². The van der Waals surface area contributed by atoms with Crippen LogP contribution in [0.3, 0.4) is 0 Å². The fraction of sp³-hybridized carbons (Fsp3) is 0.238. The van der Waals surface area contributed by atoms with E-state index in [0.717, 1.165) is 54.4 Å². The third-order valence-corrected chi connectivity index (χ3v) is 4.11. The second kappa shape index (κ2) is 8.29. The van der Waals surface area contributed by atoms with Crippen molar-refractivity contribution >= 4 is 0 Å². The van der Waals surface area contributed by atoms with E-state index in [1.54, 1.807) is 24.3 Å². The number of allylic oxidation sites excluding steroid dienone is 2. The van der Waals surface area contributed by atoms with Gasteiger partial charge in [0.2, 0.25) is 0 Å². The van der Waals surface area contributed by atoms with E-state index in [4.69, 9.17) is 0 Å². The fourth-order valence-corrected chi connectivity index (χ4v) is 2.62. The molecule has 0 saturated heterocycles. The highest BCUT2D eigenvalue weighted by Crippen LogP contribution is 2.28. The summed E-state index contributed by atoms with van der Waals surface area (Å²) in [6.07, 6.45) is 3.78. The molecule has 0 aromatic heterocycles. The molecule has 2 aromatic carbocycles. The lowest BCUT2D eigenvalue weighted by molar-refractivity contribution is 0.403. The lowest BCUT2D eigenvalue weighted by Gasteiger charge is -2.10. The van der Waals surface area contributed by atoms with Crippen LogP contribution in [0.5, 0.6) is 23.0 Å². The molecular weight excluding hydrogens is 316 g/mol. The van der Waals surface area contributed by atoms with Gasteiger partial charge in [0, 0.05) is 0 Å². The Kier molecular flexibility index (Phi) is 6.12. The van der Waals surface area contributed by atoms with Gasteiger partial charge in [0.15, 0.2) is 23.0 Å². The van der Waals surface area contributed by atoms with Crippen LogP contribution in [-0.4, -0.2) is 20.4 Å². The van der Waals surface area contributed by atoms with Gasteiger partial charge in [-0.2, -0.15) is 0 Å². The molecule has 0 atom stereocenters. The standard InChI is InChI=1S/C21H24O4/c1-14(3-5-16-7-9-18(22)20(24)12-16)11-15(2)4-6-17-8-10-19(23)21(25)13-17/h7-10,12-13,22-25H,1-6,11H2. The summed E-state index contributed by atoms with van der Waals surface area (Å²) in [5.41, 5.74) is 4.01. The van der Waals surface area contributed by atoms with Crippen LogP contribution in [0.4, 0.5) is 0 Å². The molecule has 4 nitrogen and oxygen atoms in total. The van der Waals surface area contributed by atoms with Crippen LogP contribution in [0.1, 0.15) is 30.4 Å². The number of hydrogen-bond donors (Lipinski definition) is 4. The van der Waals surface area contributed by atoms with Crippen molar-refractivity contribution in [3.8, 4) is 23.0 Å². The normalized spacial score (nSPS) is 10.6. The number of aryl methyl sites for hydroxylation is 2. The summed E-state index contributed by atoms with van der Waals surface area (Å²) in [6.45, 7) is 8.17. The van der Waals surface area contributed by atoms with Gasteiger partial charge < -0.3 is 20.4 Å².